The molecule has 0 aromatic rings. The summed E-state index contributed by atoms with van der Waals surface area (Å²) in [6.45, 7) is 15.8. The molecule has 5 aliphatic rings. The Bertz CT molecular complexity index is 923. The largest absolute Gasteiger partial charge is 0.396 e. The molecule has 0 saturated heterocycles. The smallest absolute Gasteiger partial charge is 0.168 e. The Morgan fingerprint density at radius 2 is 1.59 bits per heavy atom. The zero-order valence-corrected chi connectivity index (χ0v) is 22.6. The highest BCUT2D eigenvalue weighted by molar-refractivity contribution is 5.92. The molecule has 5 rings (SSSR count). The molecule has 4 saturated carbocycles. The first-order chi connectivity index (χ1) is 15.6. The first-order valence-corrected chi connectivity index (χ1v) is 13.8. The monoisotopic (exact) mass is 472 g/mol. The topological polar surface area (TPSA) is 77.8 Å². The number of aliphatic hydroxyl groups excluding tert-OH is 3. The molecule has 5 aliphatic carbocycles. The van der Waals surface area contributed by atoms with Gasteiger partial charge in [0.1, 0.15) is 6.10 Å². The van der Waals surface area contributed by atoms with E-state index in [1.54, 1.807) is 0 Å². The first-order valence-electron chi connectivity index (χ1n) is 13.8. The van der Waals surface area contributed by atoms with E-state index in [9.17, 15) is 20.1 Å². The number of carbonyl (C=O) groups excluding carboxylic acids is 1. The van der Waals surface area contributed by atoms with Gasteiger partial charge < -0.3 is 15.3 Å². The van der Waals surface area contributed by atoms with Crippen LogP contribution in [0.4, 0.5) is 0 Å². The van der Waals surface area contributed by atoms with Crippen LogP contribution in [0.2, 0.25) is 0 Å². The summed E-state index contributed by atoms with van der Waals surface area (Å²) in [7, 11) is 0. The fourth-order valence-corrected chi connectivity index (χ4v) is 10.5. The van der Waals surface area contributed by atoms with Crippen LogP contribution in [0.25, 0.3) is 0 Å². The Morgan fingerprint density at radius 1 is 0.912 bits per heavy atom. The zero-order chi connectivity index (χ0) is 25.1. The Balaban J connectivity index is 1.64. The quantitative estimate of drug-likeness (QED) is 0.453. The molecule has 192 valence electrons. The van der Waals surface area contributed by atoms with Gasteiger partial charge >= 0.3 is 0 Å². The molecule has 0 heterocycles. The van der Waals surface area contributed by atoms with Crippen LogP contribution < -0.4 is 0 Å². The maximum Gasteiger partial charge on any atom is 0.168 e. The van der Waals surface area contributed by atoms with Crippen LogP contribution in [0.5, 0.6) is 0 Å². The predicted octanol–water partition coefficient (Wildman–Crippen LogP) is 5.29. The third kappa shape index (κ3) is 2.74. The van der Waals surface area contributed by atoms with Gasteiger partial charge in [-0.25, -0.2) is 0 Å². The molecule has 0 spiro atoms. The molecule has 3 N–H and O–H groups in total. The van der Waals surface area contributed by atoms with Crippen molar-refractivity contribution in [3.63, 3.8) is 0 Å². The Morgan fingerprint density at radius 3 is 2.24 bits per heavy atom. The molecule has 0 amide bonds. The number of rotatable bonds is 1. The number of carbonyl (C=O) groups is 1. The maximum absolute atomic E-state index is 14.0. The highest BCUT2D eigenvalue weighted by Crippen LogP contribution is 2.75. The minimum atomic E-state index is -0.965. The summed E-state index contributed by atoms with van der Waals surface area (Å²) in [5.41, 5.74) is -0.191. The van der Waals surface area contributed by atoms with E-state index < -0.39 is 28.5 Å². The Hall–Kier alpha value is -0.710. The fraction of sp³-hybridized carbons (Fsp3) is 0.900. The first kappa shape index (κ1) is 25.0. The van der Waals surface area contributed by atoms with Gasteiger partial charge in [0.05, 0.1) is 12.7 Å². The molecule has 0 aromatic carbocycles. The lowest BCUT2D eigenvalue weighted by Gasteiger charge is -2.71. The summed E-state index contributed by atoms with van der Waals surface area (Å²) >= 11 is 0. The van der Waals surface area contributed by atoms with Gasteiger partial charge in [-0.3, -0.25) is 4.79 Å². The van der Waals surface area contributed by atoms with E-state index in [0.29, 0.717) is 12.3 Å². The van der Waals surface area contributed by atoms with E-state index in [-0.39, 0.29) is 40.5 Å². The minimum absolute atomic E-state index is 0.00678. The van der Waals surface area contributed by atoms with E-state index in [0.717, 1.165) is 44.9 Å². The van der Waals surface area contributed by atoms with Crippen molar-refractivity contribution in [2.45, 2.75) is 112 Å². The molecule has 4 fully saturated rings. The Kier molecular flexibility index (Phi) is 5.28. The number of hydrogen-bond acceptors (Lipinski definition) is 4. The number of aliphatic hydroxyl groups is 3. The fourth-order valence-electron chi connectivity index (χ4n) is 10.5. The van der Waals surface area contributed by atoms with Crippen molar-refractivity contribution in [1.29, 1.82) is 0 Å². The van der Waals surface area contributed by atoms with Crippen LogP contribution in [-0.4, -0.2) is 39.9 Å². The van der Waals surface area contributed by atoms with E-state index in [4.69, 9.17) is 0 Å². The van der Waals surface area contributed by atoms with Gasteiger partial charge in [0.15, 0.2) is 5.78 Å². The average Bonchev–Trinajstić information content (AvgIpc) is 2.77. The number of allylic oxidation sites excluding steroid dienone is 1. The van der Waals surface area contributed by atoms with E-state index >= 15 is 0 Å². The summed E-state index contributed by atoms with van der Waals surface area (Å²) in [5, 5.41) is 33.2. The van der Waals surface area contributed by atoms with Crippen molar-refractivity contribution in [3.05, 3.63) is 11.6 Å². The van der Waals surface area contributed by atoms with E-state index in [1.807, 2.05) is 0 Å². The van der Waals surface area contributed by atoms with Gasteiger partial charge in [-0.2, -0.15) is 0 Å². The van der Waals surface area contributed by atoms with Crippen LogP contribution in [-0.2, 0) is 4.79 Å². The van der Waals surface area contributed by atoms with Crippen molar-refractivity contribution < 1.29 is 20.1 Å². The third-order valence-electron chi connectivity index (χ3n) is 13.1. The average molecular weight is 473 g/mol. The summed E-state index contributed by atoms with van der Waals surface area (Å²) in [4.78, 5) is 14.0. The number of fused-ring (bicyclic) bond motifs is 7. The molecule has 4 nitrogen and oxygen atoms in total. The van der Waals surface area contributed by atoms with Gasteiger partial charge in [0, 0.05) is 16.2 Å². The van der Waals surface area contributed by atoms with E-state index in [2.05, 4.69) is 54.5 Å². The minimum Gasteiger partial charge on any atom is -0.396 e. The normalized spacial score (nSPS) is 56.5. The van der Waals surface area contributed by atoms with Gasteiger partial charge in [-0.05, 0) is 85.4 Å². The molecule has 0 aromatic heterocycles. The molecule has 5 unspecified atom stereocenters. The number of hydrogen-bond donors (Lipinski definition) is 3. The lowest BCUT2D eigenvalue weighted by atomic mass is 9.33. The molecule has 34 heavy (non-hydrogen) atoms. The second kappa shape index (κ2) is 7.19. The van der Waals surface area contributed by atoms with E-state index in [1.165, 1.54) is 5.57 Å². The van der Waals surface area contributed by atoms with Gasteiger partial charge in [-0.1, -0.05) is 60.1 Å². The molecule has 10 atom stereocenters. The number of Topliss-reactive ketones (excluding diaryl/α,β-unsaturated/α-hetero) is 1. The van der Waals surface area contributed by atoms with Crippen LogP contribution in [0, 0.1) is 50.2 Å². The second-order valence-electron chi connectivity index (χ2n) is 15.0. The maximum atomic E-state index is 14.0. The van der Waals surface area contributed by atoms with Crippen molar-refractivity contribution >= 4 is 5.78 Å². The summed E-state index contributed by atoms with van der Waals surface area (Å²) in [6, 6.07) is 0. The molecule has 0 radical (unpaired) electrons. The van der Waals surface area contributed by atoms with Crippen LogP contribution in [0.15, 0.2) is 11.6 Å². The van der Waals surface area contributed by atoms with Crippen molar-refractivity contribution in [2.75, 3.05) is 6.61 Å². The van der Waals surface area contributed by atoms with Gasteiger partial charge in [0.25, 0.3) is 0 Å². The van der Waals surface area contributed by atoms with Crippen LogP contribution in [0.1, 0.15) is 99.8 Å². The van der Waals surface area contributed by atoms with Crippen molar-refractivity contribution in [3.8, 4) is 0 Å². The predicted molar refractivity (Wildman–Crippen MR) is 134 cm³/mol. The van der Waals surface area contributed by atoms with Crippen LogP contribution in [0.3, 0.4) is 0 Å². The lowest BCUT2D eigenvalue weighted by Crippen LogP contribution is -2.70. The molecule has 0 bridgehead atoms. The summed E-state index contributed by atoms with van der Waals surface area (Å²) in [5.74, 6) is 0.826. The van der Waals surface area contributed by atoms with Gasteiger partial charge in [-0.15, -0.1) is 0 Å². The zero-order valence-electron chi connectivity index (χ0n) is 22.6. The van der Waals surface area contributed by atoms with Gasteiger partial charge in [0.2, 0.25) is 0 Å². The molecular formula is C30H48O4. The van der Waals surface area contributed by atoms with Crippen molar-refractivity contribution in [1.82, 2.24) is 0 Å². The Labute approximate surface area is 206 Å². The second-order valence-corrected chi connectivity index (χ2v) is 15.0. The summed E-state index contributed by atoms with van der Waals surface area (Å²) < 4.78 is 0. The SMILES string of the molecule is CC1(C)CCC2(C)C(=O)[C@H](O)[C@]3(C)C(=CC[C@@H]4C5(C)CCC(O)[C@@](C)(CO)[C@@H]5CCC43C)C2C1. The third-order valence-corrected chi connectivity index (χ3v) is 13.1. The van der Waals surface area contributed by atoms with Crippen LogP contribution >= 0.6 is 0 Å². The standard InChI is InChI=1S/C30H48O4/c1-25(2)14-15-26(3)19(16-25)18-8-9-21-27(4)12-11-22(32)28(5,17-31)20(27)10-13-29(21,6)30(18,7)24(34)23(26)33/h8,19-22,24,31-32,34H,9-17H2,1-7H3/t19?,20-,21-,22?,24+,26?,27?,28+,29?,30+/m1/s1. The van der Waals surface area contributed by atoms with Crippen molar-refractivity contribution in [2.24, 2.45) is 50.2 Å². The number of ketones is 1. The molecule has 4 heteroatoms. The highest BCUT2D eigenvalue weighted by Gasteiger charge is 2.72. The molecular weight excluding hydrogens is 424 g/mol. The summed E-state index contributed by atoms with van der Waals surface area (Å²) in [6.07, 6.45) is 8.38. The highest BCUT2D eigenvalue weighted by atomic mass is 16.3. The molecule has 0 aliphatic heterocycles. The lowest BCUT2D eigenvalue weighted by molar-refractivity contribution is -0.228.